The van der Waals surface area contributed by atoms with E-state index in [1.807, 2.05) is 12.5 Å². The lowest BCUT2D eigenvalue weighted by atomic mass is 10.1. The molecule has 2 nitrogen and oxygen atoms in total. The summed E-state index contributed by atoms with van der Waals surface area (Å²) in [6, 6.07) is 0. The van der Waals surface area contributed by atoms with Crippen LogP contribution in [0.3, 0.4) is 0 Å². The number of allylic oxidation sites excluding steroid dienone is 1. The van der Waals surface area contributed by atoms with E-state index in [0.29, 0.717) is 0 Å². The largest absolute Gasteiger partial charge is 0.310 e. The zero-order chi connectivity index (χ0) is 7.68. The fourth-order valence-electron chi connectivity index (χ4n) is 1.49. The van der Waals surface area contributed by atoms with Crippen molar-refractivity contribution in [3.8, 4) is 0 Å². The zero-order valence-electron chi connectivity index (χ0n) is 6.75. The summed E-state index contributed by atoms with van der Waals surface area (Å²) in [7, 11) is 0. The molecule has 0 aromatic carbocycles. The minimum absolute atomic E-state index is 1.16. The first-order valence-corrected chi connectivity index (χ1v) is 4.04. The molecule has 0 unspecified atom stereocenters. The van der Waals surface area contributed by atoms with Crippen molar-refractivity contribution in [3.63, 3.8) is 0 Å². The molecular weight excluding hydrogens is 136 g/mol. The average Bonchev–Trinajstić information content (AvgIpc) is 2.31. The second kappa shape index (κ2) is 2.53. The van der Waals surface area contributed by atoms with Crippen LogP contribution in [0.2, 0.25) is 0 Å². The number of aromatic nitrogens is 2. The molecule has 1 aromatic heterocycles. The highest BCUT2D eigenvalue weighted by Gasteiger charge is 2.04. The lowest BCUT2D eigenvalue weighted by Crippen LogP contribution is -1.89. The highest BCUT2D eigenvalue weighted by atomic mass is 15.0. The minimum Gasteiger partial charge on any atom is -0.310 e. The first-order chi connectivity index (χ1) is 5.36. The van der Waals surface area contributed by atoms with Crippen molar-refractivity contribution in [1.82, 2.24) is 9.55 Å². The fourth-order valence-corrected chi connectivity index (χ4v) is 1.49. The third kappa shape index (κ3) is 1.20. The molecule has 0 atom stereocenters. The fraction of sp³-hybridized carbons (Fsp3) is 0.444. The number of nitrogens with zero attached hydrogens (tertiary/aromatic N) is 2. The lowest BCUT2D eigenvalue weighted by molar-refractivity contribution is 0.807. The van der Waals surface area contributed by atoms with Crippen molar-refractivity contribution >= 4 is 6.20 Å². The van der Waals surface area contributed by atoms with Gasteiger partial charge in [0.1, 0.15) is 0 Å². The summed E-state index contributed by atoms with van der Waals surface area (Å²) in [6.07, 6.45) is 9.65. The van der Waals surface area contributed by atoms with E-state index < -0.39 is 0 Å². The van der Waals surface area contributed by atoms with Crippen LogP contribution in [0.1, 0.15) is 25.5 Å². The Balaban J connectivity index is 2.43. The topological polar surface area (TPSA) is 17.8 Å². The maximum atomic E-state index is 4.10. The van der Waals surface area contributed by atoms with Gasteiger partial charge in [-0.3, -0.25) is 0 Å². The van der Waals surface area contributed by atoms with E-state index >= 15 is 0 Å². The smallest absolute Gasteiger partial charge is 0.0989 e. The van der Waals surface area contributed by atoms with Crippen LogP contribution in [-0.4, -0.2) is 9.55 Å². The van der Waals surface area contributed by atoms with Gasteiger partial charge in [0.2, 0.25) is 0 Å². The minimum atomic E-state index is 1.16. The van der Waals surface area contributed by atoms with E-state index in [1.165, 1.54) is 24.1 Å². The molecule has 0 radical (unpaired) electrons. The van der Waals surface area contributed by atoms with Crippen LogP contribution in [0.4, 0.5) is 0 Å². The Morgan fingerprint density at radius 2 is 2.36 bits per heavy atom. The Labute approximate surface area is 66.6 Å². The Kier molecular flexibility index (Phi) is 1.53. The van der Waals surface area contributed by atoms with Gasteiger partial charge in [-0.15, -0.1) is 0 Å². The monoisotopic (exact) mass is 148 g/mol. The summed E-state index contributed by atoms with van der Waals surface area (Å²) in [5.41, 5.74) is 2.78. The predicted octanol–water partition coefficient (Wildman–Crippen LogP) is 2.08. The van der Waals surface area contributed by atoms with Crippen LogP contribution in [-0.2, 0) is 6.42 Å². The van der Waals surface area contributed by atoms with Crippen LogP contribution in [0, 0.1) is 0 Å². The van der Waals surface area contributed by atoms with Gasteiger partial charge in [0.05, 0.1) is 6.33 Å². The van der Waals surface area contributed by atoms with Gasteiger partial charge in [0.25, 0.3) is 0 Å². The summed E-state index contributed by atoms with van der Waals surface area (Å²) in [5, 5.41) is 0. The Hall–Kier alpha value is -1.05. The first kappa shape index (κ1) is 6.65. The number of hydrogen-bond donors (Lipinski definition) is 0. The van der Waals surface area contributed by atoms with Crippen LogP contribution in [0.5, 0.6) is 0 Å². The maximum absolute atomic E-state index is 4.10. The Morgan fingerprint density at radius 3 is 3.27 bits per heavy atom. The van der Waals surface area contributed by atoms with Crippen molar-refractivity contribution in [2.24, 2.45) is 0 Å². The van der Waals surface area contributed by atoms with E-state index in [2.05, 4.69) is 22.7 Å². The van der Waals surface area contributed by atoms with Gasteiger partial charge in [-0.2, -0.15) is 0 Å². The van der Waals surface area contributed by atoms with Crippen molar-refractivity contribution in [3.05, 3.63) is 23.8 Å². The summed E-state index contributed by atoms with van der Waals surface area (Å²) in [4.78, 5) is 4.10. The third-order valence-electron chi connectivity index (χ3n) is 2.11. The van der Waals surface area contributed by atoms with Gasteiger partial charge in [0, 0.05) is 18.1 Å². The molecular formula is C9H12N2. The molecule has 11 heavy (non-hydrogen) atoms. The van der Waals surface area contributed by atoms with Gasteiger partial charge in [0.15, 0.2) is 0 Å². The number of hydrogen-bond acceptors (Lipinski definition) is 1. The van der Waals surface area contributed by atoms with Gasteiger partial charge in [-0.1, -0.05) is 5.57 Å². The highest BCUT2D eigenvalue weighted by molar-refractivity contribution is 5.33. The van der Waals surface area contributed by atoms with E-state index in [4.69, 9.17) is 0 Å². The standard InChI is InChI=1S/C9H12N2/c1-8-3-2-4-9-5-10-7-11(9)6-8/h5-7H,2-4H2,1H3. The van der Waals surface area contributed by atoms with Gasteiger partial charge in [-0.25, -0.2) is 4.98 Å². The molecule has 2 heteroatoms. The van der Waals surface area contributed by atoms with E-state index in [-0.39, 0.29) is 0 Å². The first-order valence-electron chi connectivity index (χ1n) is 4.04. The molecule has 2 heterocycles. The van der Waals surface area contributed by atoms with Crippen molar-refractivity contribution < 1.29 is 0 Å². The van der Waals surface area contributed by atoms with Crippen molar-refractivity contribution in [1.29, 1.82) is 0 Å². The zero-order valence-corrected chi connectivity index (χ0v) is 6.75. The van der Waals surface area contributed by atoms with E-state index in [9.17, 15) is 0 Å². The Bertz CT molecular complexity index is 284. The molecule has 0 spiro atoms. The molecule has 0 bridgehead atoms. The number of imidazole rings is 1. The maximum Gasteiger partial charge on any atom is 0.0989 e. The average molecular weight is 148 g/mol. The molecule has 58 valence electrons. The molecule has 2 rings (SSSR count). The summed E-state index contributed by atoms with van der Waals surface area (Å²) >= 11 is 0. The lowest BCUT2D eigenvalue weighted by Gasteiger charge is -1.95. The van der Waals surface area contributed by atoms with Gasteiger partial charge >= 0.3 is 0 Å². The Morgan fingerprint density at radius 1 is 1.45 bits per heavy atom. The normalized spacial score (nSPS) is 17.0. The number of aryl methyl sites for hydroxylation is 1. The van der Waals surface area contributed by atoms with Crippen molar-refractivity contribution in [2.75, 3.05) is 0 Å². The predicted molar refractivity (Wildman–Crippen MR) is 45.1 cm³/mol. The van der Waals surface area contributed by atoms with Crippen LogP contribution in [0.25, 0.3) is 6.20 Å². The molecule has 0 saturated heterocycles. The van der Waals surface area contributed by atoms with Gasteiger partial charge < -0.3 is 4.57 Å². The quantitative estimate of drug-likeness (QED) is 0.550. The highest BCUT2D eigenvalue weighted by Crippen LogP contribution is 2.15. The van der Waals surface area contributed by atoms with Crippen LogP contribution in [0.15, 0.2) is 18.1 Å². The SMILES string of the molecule is CC1=Cn2cncc2CCC1. The molecule has 1 aromatic rings. The second-order valence-corrected chi connectivity index (χ2v) is 3.12. The molecule has 1 aliphatic heterocycles. The molecule has 0 amide bonds. The second-order valence-electron chi connectivity index (χ2n) is 3.12. The summed E-state index contributed by atoms with van der Waals surface area (Å²) in [5.74, 6) is 0. The van der Waals surface area contributed by atoms with E-state index in [1.54, 1.807) is 0 Å². The van der Waals surface area contributed by atoms with Crippen LogP contribution >= 0.6 is 0 Å². The van der Waals surface area contributed by atoms with E-state index in [0.717, 1.165) is 6.42 Å². The number of rotatable bonds is 0. The van der Waals surface area contributed by atoms with Crippen LogP contribution < -0.4 is 0 Å². The van der Waals surface area contributed by atoms with Gasteiger partial charge in [-0.05, 0) is 26.2 Å². The van der Waals surface area contributed by atoms with Crippen molar-refractivity contribution in [2.45, 2.75) is 26.2 Å². The molecule has 1 aliphatic rings. The number of fused-ring (bicyclic) bond motifs is 1. The summed E-state index contributed by atoms with van der Waals surface area (Å²) in [6.45, 7) is 2.18. The molecule has 0 aliphatic carbocycles. The molecule has 0 N–H and O–H groups in total. The summed E-state index contributed by atoms with van der Waals surface area (Å²) < 4.78 is 2.13. The molecule has 0 fully saturated rings. The third-order valence-corrected chi connectivity index (χ3v) is 2.11. The molecule has 0 saturated carbocycles.